The van der Waals surface area contributed by atoms with Crippen LogP contribution in [-0.4, -0.2) is 18.4 Å². The zero-order valence-electron chi connectivity index (χ0n) is 11.0. The van der Waals surface area contributed by atoms with E-state index >= 15 is 0 Å². The van der Waals surface area contributed by atoms with Gasteiger partial charge in [0.15, 0.2) is 11.5 Å². The third-order valence-corrected chi connectivity index (χ3v) is 4.29. The molecule has 3 nitrogen and oxygen atoms in total. The van der Waals surface area contributed by atoms with Crippen molar-refractivity contribution in [1.82, 2.24) is 14.8 Å². The van der Waals surface area contributed by atoms with Gasteiger partial charge in [-0.2, -0.15) is 18.3 Å². The zero-order valence-corrected chi connectivity index (χ0v) is 13.2. The Labute approximate surface area is 134 Å². The normalized spacial score (nSPS) is 14.4. The molecule has 3 rings (SSSR count). The third-order valence-electron chi connectivity index (χ3n) is 2.85. The number of aromatic nitrogens is 3. The lowest BCUT2D eigenvalue weighted by Gasteiger charge is -2.06. The molecule has 0 spiro atoms. The van der Waals surface area contributed by atoms with E-state index in [-0.39, 0.29) is 20.7 Å². The average Bonchev–Trinajstić information content (AvgIpc) is 2.78. The molecule has 0 bridgehead atoms. The lowest BCUT2D eigenvalue weighted by molar-refractivity contribution is -0.141. The van der Waals surface area contributed by atoms with E-state index in [4.69, 9.17) is 0 Å². The number of alkyl halides is 3. The SMILES string of the molecule is FC(F)(F)c1cc(C2=CC=CI=C=C2)n(-c2ccccn2)n1. The molecule has 22 heavy (non-hydrogen) atoms. The van der Waals surface area contributed by atoms with E-state index in [0.717, 1.165) is 6.07 Å². The summed E-state index contributed by atoms with van der Waals surface area (Å²) in [5, 5.41) is 3.68. The number of pyridine rings is 1. The van der Waals surface area contributed by atoms with Crippen molar-refractivity contribution in [2.45, 2.75) is 6.18 Å². The molecule has 0 radical (unpaired) electrons. The van der Waals surface area contributed by atoms with Crippen LogP contribution >= 0.6 is 20.7 Å². The fraction of sp³-hybridized carbons (Fsp3) is 0.0667. The van der Waals surface area contributed by atoms with Crippen molar-refractivity contribution in [1.29, 1.82) is 0 Å². The van der Waals surface area contributed by atoms with Crippen LogP contribution in [0.4, 0.5) is 13.2 Å². The number of rotatable bonds is 2. The molecular weight excluding hydrogens is 406 g/mol. The fourth-order valence-corrected chi connectivity index (χ4v) is 3.03. The summed E-state index contributed by atoms with van der Waals surface area (Å²) in [5.74, 6) is 0.338. The van der Waals surface area contributed by atoms with Gasteiger partial charge in [-0.05, 0) is 49.1 Å². The first kappa shape index (κ1) is 14.9. The smallest absolute Gasteiger partial charge is 0.237 e. The molecule has 0 atom stereocenters. The van der Waals surface area contributed by atoms with Crippen LogP contribution in [0.1, 0.15) is 11.4 Å². The molecule has 2 aromatic heterocycles. The summed E-state index contributed by atoms with van der Waals surface area (Å²) < 4.78 is 45.3. The summed E-state index contributed by atoms with van der Waals surface area (Å²) in [5.41, 5.74) is 0.0292. The van der Waals surface area contributed by atoms with Gasteiger partial charge in [-0.3, -0.25) is 0 Å². The van der Waals surface area contributed by atoms with Crippen molar-refractivity contribution in [3.63, 3.8) is 0 Å². The number of hydrogen-bond donors (Lipinski definition) is 0. The Morgan fingerprint density at radius 3 is 2.82 bits per heavy atom. The predicted octanol–water partition coefficient (Wildman–Crippen LogP) is 4.12. The third kappa shape index (κ3) is 3.10. The Morgan fingerprint density at radius 1 is 1.23 bits per heavy atom. The lowest BCUT2D eigenvalue weighted by Crippen LogP contribution is -2.08. The van der Waals surface area contributed by atoms with Crippen LogP contribution in [0, 0.1) is 0 Å². The van der Waals surface area contributed by atoms with E-state index in [1.165, 1.54) is 10.9 Å². The molecular formula is C15H9F3IN3. The van der Waals surface area contributed by atoms with Gasteiger partial charge in [0, 0.05) is 11.8 Å². The highest BCUT2D eigenvalue weighted by Gasteiger charge is 2.35. The maximum absolute atomic E-state index is 13.0. The second-order valence-corrected chi connectivity index (χ2v) is 6.28. The fourth-order valence-electron chi connectivity index (χ4n) is 1.89. The van der Waals surface area contributed by atoms with Crippen molar-refractivity contribution >= 4 is 30.0 Å². The first-order chi connectivity index (χ1) is 10.6. The van der Waals surface area contributed by atoms with Crippen LogP contribution in [-0.2, 0) is 6.18 Å². The summed E-state index contributed by atoms with van der Waals surface area (Å²) in [7, 11) is 0. The van der Waals surface area contributed by atoms with Crippen LogP contribution < -0.4 is 0 Å². The van der Waals surface area contributed by atoms with Gasteiger partial charge >= 0.3 is 6.18 Å². The van der Waals surface area contributed by atoms with Crippen molar-refractivity contribution in [3.05, 3.63) is 64.2 Å². The summed E-state index contributed by atoms with van der Waals surface area (Å²) >= 11 is -0.319. The maximum Gasteiger partial charge on any atom is 0.435 e. The molecule has 0 fully saturated rings. The number of halogens is 4. The number of nitrogens with zero attached hydrogens (tertiary/aromatic N) is 3. The summed E-state index contributed by atoms with van der Waals surface area (Å²) in [4.78, 5) is 4.08. The number of hydrogen-bond acceptors (Lipinski definition) is 2. The molecule has 0 N–H and O–H groups in total. The second kappa shape index (κ2) is 6.02. The van der Waals surface area contributed by atoms with E-state index < -0.39 is 11.9 Å². The minimum absolute atomic E-state index is 0.319. The van der Waals surface area contributed by atoms with Crippen molar-refractivity contribution in [2.75, 3.05) is 0 Å². The minimum Gasteiger partial charge on any atom is -0.237 e. The van der Waals surface area contributed by atoms with E-state index in [1.54, 1.807) is 30.4 Å². The number of allylic oxidation sites excluding steroid dienone is 4. The molecule has 0 aliphatic carbocycles. The van der Waals surface area contributed by atoms with Crippen molar-refractivity contribution < 1.29 is 13.2 Å². The van der Waals surface area contributed by atoms with Gasteiger partial charge in [0.1, 0.15) is 0 Å². The molecule has 0 saturated carbocycles. The van der Waals surface area contributed by atoms with E-state index in [1.807, 2.05) is 10.2 Å². The standard InChI is InChI=1S/C15H9F3IN3/c16-15(17,18)13-10-12(11-4-3-7-19-8-6-11)22(21-13)14-5-1-2-9-20-14/h1-7,9-10H. The maximum atomic E-state index is 13.0. The first-order valence-electron chi connectivity index (χ1n) is 6.23. The Balaban J connectivity index is 2.20. The van der Waals surface area contributed by atoms with Crippen LogP contribution in [0.2, 0.25) is 0 Å². The quantitative estimate of drug-likeness (QED) is 0.691. The second-order valence-electron chi connectivity index (χ2n) is 4.32. The Hall–Kier alpha value is -1.99. The molecule has 0 aromatic carbocycles. The molecule has 0 amide bonds. The van der Waals surface area contributed by atoms with Crippen molar-refractivity contribution in [3.8, 4) is 5.82 Å². The molecule has 0 unspecified atom stereocenters. The molecule has 2 aromatic rings. The molecule has 112 valence electrons. The van der Waals surface area contributed by atoms with Crippen molar-refractivity contribution in [2.24, 2.45) is 0 Å². The van der Waals surface area contributed by atoms with E-state index in [2.05, 4.69) is 13.7 Å². The molecule has 3 heterocycles. The van der Waals surface area contributed by atoms with Gasteiger partial charge in [0.25, 0.3) is 0 Å². The summed E-state index contributed by atoms with van der Waals surface area (Å²) in [6.45, 7) is 0. The van der Waals surface area contributed by atoms with Crippen LogP contribution in [0.3, 0.4) is 0 Å². The monoisotopic (exact) mass is 415 g/mol. The molecule has 7 heteroatoms. The summed E-state index contributed by atoms with van der Waals surface area (Å²) in [6.07, 6.45) is 2.32. The molecule has 1 aliphatic heterocycles. The van der Waals surface area contributed by atoms with Gasteiger partial charge in [-0.25, -0.2) is 9.67 Å². The lowest BCUT2D eigenvalue weighted by atomic mass is 10.1. The highest BCUT2D eigenvalue weighted by molar-refractivity contribution is 14.2. The van der Waals surface area contributed by atoms with Gasteiger partial charge in [-0.1, -0.05) is 21.9 Å². The summed E-state index contributed by atoms with van der Waals surface area (Å²) in [6, 6.07) is 6.05. The van der Waals surface area contributed by atoms with Crippen LogP contribution in [0.5, 0.6) is 0 Å². The average molecular weight is 415 g/mol. The topological polar surface area (TPSA) is 30.7 Å². The predicted molar refractivity (Wildman–Crippen MR) is 87.1 cm³/mol. The van der Waals surface area contributed by atoms with Gasteiger partial charge in [0.05, 0.1) is 5.69 Å². The molecule has 0 saturated heterocycles. The van der Waals surface area contributed by atoms with Gasteiger partial charge in [0.2, 0.25) is 0 Å². The first-order valence-corrected chi connectivity index (χ1v) is 8.55. The minimum atomic E-state index is -4.50. The highest BCUT2D eigenvalue weighted by Crippen LogP contribution is 2.31. The van der Waals surface area contributed by atoms with Gasteiger partial charge < -0.3 is 0 Å². The van der Waals surface area contributed by atoms with E-state index in [0.29, 0.717) is 17.1 Å². The van der Waals surface area contributed by atoms with Gasteiger partial charge in [-0.15, -0.1) is 0 Å². The Morgan fingerprint density at radius 2 is 2.09 bits per heavy atom. The molecule has 1 aliphatic rings. The zero-order chi connectivity index (χ0) is 15.6. The van der Waals surface area contributed by atoms with Crippen LogP contribution in [0.25, 0.3) is 11.4 Å². The Bertz CT molecular complexity index is 810. The Kier molecular flexibility index (Phi) is 4.08. The van der Waals surface area contributed by atoms with E-state index in [9.17, 15) is 13.2 Å². The highest BCUT2D eigenvalue weighted by atomic mass is 127. The van der Waals surface area contributed by atoms with Crippen LogP contribution in [0.15, 0.2) is 52.8 Å². The largest absolute Gasteiger partial charge is 0.435 e.